The Labute approximate surface area is 101 Å². The summed E-state index contributed by atoms with van der Waals surface area (Å²) in [5.74, 6) is 0. The van der Waals surface area contributed by atoms with Crippen LogP contribution >= 0.6 is 0 Å². The van der Waals surface area contributed by atoms with Crippen LogP contribution in [0, 0.1) is 17.0 Å². The third-order valence-electron chi connectivity index (χ3n) is 2.34. The lowest BCUT2D eigenvalue weighted by molar-refractivity contribution is -0.385. The van der Waals surface area contributed by atoms with Crippen molar-refractivity contribution in [3.05, 3.63) is 44.1 Å². The van der Waals surface area contributed by atoms with Gasteiger partial charge in [-0.3, -0.25) is 15.1 Å². The van der Waals surface area contributed by atoms with Gasteiger partial charge in [0.15, 0.2) is 0 Å². The molecule has 1 heterocycles. The molecule has 0 aromatic carbocycles. The predicted octanol–water partition coefficient (Wildman–Crippen LogP) is 1.00. The highest BCUT2D eigenvalue weighted by atomic mass is 16.6. The second-order valence-electron chi connectivity index (χ2n) is 3.55. The number of hydrogen-bond donors (Lipinski definition) is 2. The SMILES string of the molecule is Cc1ncc([N+](=O)[O-])cc1C(O)C(O)CN=[N+]=[N-]. The first kappa shape index (κ1) is 13.8. The minimum absolute atomic E-state index is 0.129. The number of rotatable bonds is 5. The van der Waals surface area contributed by atoms with Gasteiger partial charge in [-0.15, -0.1) is 0 Å². The number of nitrogens with zero attached hydrogens (tertiary/aromatic N) is 5. The van der Waals surface area contributed by atoms with Crippen LogP contribution in [-0.2, 0) is 0 Å². The summed E-state index contributed by atoms with van der Waals surface area (Å²) in [5.41, 5.74) is 8.30. The van der Waals surface area contributed by atoms with Crippen molar-refractivity contribution in [3.8, 4) is 0 Å². The van der Waals surface area contributed by atoms with Crippen LogP contribution in [0.3, 0.4) is 0 Å². The molecule has 0 amide bonds. The highest BCUT2D eigenvalue weighted by molar-refractivity contribution is 5.35. The summed E-state index contributed by atoms with van der Waals surface area (Å²) in [6, 6.07) is 1.13. The molecule has 1 rings (SSSR count). The first-order valence-electron chi connectivity index (χ1n) is 4.95. The summed E-state index contributed by atoms with van der Waals surface area (Å²) < 4.78 is 0. The van der Waals surface area contributed by atoms with E-state index >= 15 is 0 Å². The molecule has 9 nitrogen and oxygen atoms in total. The van der Waals surface area contributed by atoms with Crippen molar-refractivity contribution in [1.82, 2.24) is 4.98 Å². The van der Waals surface area contributed by atoms with Gasteiger partial charge in [-0.2, -0.15) is 0 Å². The lowest BCUT2D eigenvalue weighted by atomic mass is 10.0. The molecule has 2 N–H and O–H groups in total. The molecule has 1 aromatic rings. The van der Waals surface area contributed by atoms with E-state index in [4.69, 9.17) is 5.53 Å². The Kier molecular flexibility index (Phi) is 4.55. The molecule has 0 aliphatic carbocycles. The minimum atomic E-state index is -1.40. The van der Waals surface area contributed by atoms with E-state index in [2.05, 4.69) is 15.0 Å². The number of azide groups is 1. The Morgan fingerprint density at radius 3 is 2.89 bits per heavy atom. The molecule has 96 valence electrons. The number of pyridine rings is 1. The first-order valence-corrected chi connectivity index (χ1v) is 4.95. The van der Waals surface area contributed by atoms with Gasteiger partial charge in [-0.05, 0) is 12.5 Å². The van der Waals surface area contributed by atoms with Crippen molar-refractivity contribution in [2.45, 2.75) is 19.1 Å². The molecule has 0 aliphatic heterocycles. The fourth-order valence-corrected chi connectivity index (χ4v) is 1.37. The largest absolute Gasteiger partial charge is 0.390 e. The Balaban J connectivity index is 3.03. The second-order valence-corrected chi connectivity index (χ2v) is 3.55. The monoisotopic (exact) mass is 253 g/mol. The number of hydrogen-bond acceptors (Lipinski definition) is 6. The Bertz CT molecular complexity index is 500. The smallest absolute Gasteiger partial charge is 0.287 e. The van der Waals surface area contributed by atoms with Crippen LogP contribution in [-0.4, -0.2) is 32.8 Å². The van der Waals surface area contributed by atoms with Gasteiger partial charge >= 0.3 is 0 Å². The summed E-state index contributed by atoms with van der Waals surface area (Å²) in [7, 11) is 0. The van der Waals surface area contributed by atoms with Crippen molar-refractivity contribution < 1.29 is 15.1 Å². The molecule has 0 fully saturated rings. The van der Waals surface area contributed by atoms with Gasteiger partial charge in [0.25, 0.3) is 5.69 Å². The Morgan fingerprint density at radius 2 is 2.33 bits per heavy atom. The van der Waals surface area contributed by atoms with Crippen molar-refractivity contribution in [2.75, 3.05) is 6.54 Å². The first-order chi connectivity index (χ1) is 8.47. The van der Waals surface area contributed by atoms with E-state index < -0.39 is 17.1 Å². The third-order valence-corrected chi connectivity index (χ3v) is 2.34. The van der Waals surface area contributed by atoms with Crippen LogP contribution in [0.4, 0.5) is 5.69 Å². The van der Waals surface area contributed by atoms with Crippen LogP contribution in [0.5, 0.6) is 0 Å². The molecular weight excluding hydrogens is 242 g/mol. The van der Waals surface area contributed by atoms with Gasteiger partial charge < -0.3 is 10.2 Å². The van der Waals surface area contributed by atoms with Crippen LogP contribution in [0.25, 0.3) is 10.4 Å². The van der Waals surface area contributed by atoms with Gasteiger partial charge in [-0.1, -0.05) is 5.11 Å². The van der Waals surface area contributed by atoms with E-state index in [0.717, 1.165) is 12.3 Å². The van der Waals surface area contributed by atoms with E-state index in [0.29, 0.717) is 5.69 Å². The normalized spacial score (nSPS) is 13.5. The standard InChI is InChI=1S/C9H11N5O4/c1-5-7(2-6(3-11-5)14(17)18)9(16)8(15)4-12-13-10/h2-3,8-9,15-16H,4H2,1H3. The average Bonchev–Trinajstić information content (AvgIpc) is 2.35. The predicted molar refractivity (Wildman–Crippen MR) is 60.6 cm³/mol. The maximum absolute atomic E-state index is 10.6. The molecule has 9 heteroatoms. The number of aromatic nitrogens is 1. The molecule has 0 aliphatic rings. The molecule has 0 spiro atoms. The van der Waals surface area contributed by atoms with Gasteiger partial charge in [0.05, 0.1) is 17.6 Å². The summed E-state index contributed by atoms with van der Waals surface area (Å²) in [6.45, 7) is 1.21. The van der Waals surface area contributed by atoms with Gasteiger partial charge in [0.1, 0.15) is 12.3 Å². The zero-order valence-electron chi connectivity index (χ0n) is 9.46. The van der Waals surface area contributed by atoms with Crippen LogP contribution in [0.2, 0.25) is 0 Å². The Morgan fingerprint density at radius 1 is 1.67 bits per heavy atom. The van der Waals surface area contributed by atoms with E-state index in [9.17, 15) is 20.3 Å². The number of aliphatic hydroxyl groups excluding tert-OH is 2. The van der Waals surface area contributed by atoms with Crippen molar-refractivity contribution in [1.29, 1.82) is 0 Å². The van der Waals surface area contributed by atoms with Crippen LogP contribution in [0.15, 0.2) is 17.4 Å². The molecule has 0 saturated heterocycles. The summed E-state index contributed by atoms with van der Waals surface area (Å²) in [4.78, 5) is 16.2. The minimum Gasteiger partial charge on any atom is -0.390 e. The molecule has 18 heavy (non-hydrogen) atoms. The average molecular weight is 253 g/mol. The fourth-order valence-electron chi connectivity index (χ4n) is 1.37. The van der Waals surface area contributed by atoms with Crippen molar-refractivity contribution >= 4 is 5.69 Å². The quantitative estimate of drug-likeness (QED) is 0.264. The van der Waals surface area contributed by atoms with Crippen molar-refractivity contribution in [2.24, 2.45) is 5.11 Å². The van der Waals surface area contributed by atoms with E-state index in [1.54, 1.807) is 6.92 Å². The maximum Gasteiger partial charge on any atom is 0.287 e. The molecule has 2 atom stereocenters. The molecule has 0 radical (unpaired) electrons. The number of aryl methyl sites for hydroxylation is 1. The van der Waals surface area contributed by atoms with Crippen LogP contribution < -0.4 is 0 Å². The van der Waals surface area contributed by atoms with Gasteiger partial charge in [0.2, 0.25) is 0 Å². The molecule has 0 bridgehead atoms. The molecule has 1 aromatic heterocycles. The lowest BCUT2D eigenvalue weighted by Gasteiger charge is -2.17. The second kappa shape index (κ2) is 5.92. The van der Waals surface area contributed by atoms with Gasteiger partial charge in [-0.25, -0.2) is 0 Å². The zero-order valence-corrected chi connectivity index (χ0v) is 9.46. The third kappa shape index (κ3) is 3.14. The number of aliphatic hydroxyl groups is 2. The summed E-state index contributed by atoms with van der Waals surface area (Å²) in [5, 5.41) is 33.1. The molecule has 2 unspecified atom stereocenters. The number of nitro groups is 1. The fraction of sp³-hybridized carbons (Fsp3) is 0.444. The highest BCUT2D eigenvalue weighted by Gasteiger charge is 2.22. The van der Waals surface area contributed by atoms with Crippen molar-refractivity contribution in [3.63, 3.8) is 0 Å². The van der Waals surface area contributed by atoms with E-state index in [1.807, 2.05) is 0 Å². The van der Waals surface area contributed by atoms with E-state index in [1.165, 1.54) is 0 Å². The highest BCUT2D eigenvalue weighted by Crippen LogP contribution is 2.23. The molecule has 0 saturated carbocycles. The maximum atomic E-state index is 10.6. The van der Waals surface area contributed by atoms with E-state index in [-0.39, 0.29) is 17.8 Å². The topological polar surface area (TPSA) is 145 Å². The summed E-state index contributed by atoms with van der Waals surface area (Å²) in [6.07, 6.45) is -1.68. The lowest BCUT2D eigenvalue weighted by Crippen LogP contribution is -2.22. The zero-order chi connectivity index (χ0) is 13.7. The Hall–Kier alpha value is -2.22. The van der Waals surface area contributed by atoms with Gasteiger partial charge in [0, 0.05) is 22.2 Å². The van der Waals surface area contributed by atoms with Crippen LogP contribution in [0.1, 0.15) is 17.4 Å². The summed E-state index contributed by atoms with van der Waals surface area (Å²) >= 11 is 0. The molecular formula is C9H11N5O4.